The summed E-state index contributed by atoms with van der Waals surface area (Å²) in [4.78, 5) is 2.36. The lowest BCUT2D eigenvalue weighted by molar-refractivity contribution is 0.131. The number of hydrogen-bond acceptors (Lipinski definition) is 3. The van der Waals surface area contributed by atoms with Crippen molar-refractivity contribution < 1.29 is 4.74 Å². The van der Waals surface area contributed by atoms with Crippen LogP contribution in [0.3, 0.4) is 0 Å². The zero-order valence-corrected chi connectivity index (χ0v) is 11.2. The van der Waals surface area contributed by atoms with Gasteiger partial charge in [0.25, 0.3) is 0 Å². The predicted octanol–water partition coefficient (Wildman–Crippen LogP) is 2.04. The maximum absolute atomic E-state index is 5.80. The molecule has 0 aromatic heterocycles. The van der Waals surface area contributed by atoms with Crippen LogP contribution in [0.15, 0.2) is 24.3 Å². The van der Waals surface area contributed by atoms with E-state index in [1.54, 1.807) is 7.11 Å². The first-order valence-electron chi connectivity index (χ1n) is 5.78. The van der Waals surface area contributed by atoms with E-state index in [4.69, 9.17) is 10.5 Å². The minimum atomic E-state index is 0. The van der Waals surface area contributed by atoms with E-state index in [1.165, 1.54) is 5.56 Å². The Bertz CT molecular complexity index is 353. The van der Waals surface area contributed by atoms with Crippen LogP contribution in [0.5, 0.6) is 5.75 Å². The SMILES string of the molecule is COc1ccccc1CN(C)C1CC(N)C1.Cl. The lowest BCUT2D eigenvalue weighted by Gasteiger charge is -2.39. The molecule has 4 heteroatoms. The molecule has 1 aliphatic carbocycles. The number of hydrogen-bond donors (Lipinski definition) is 1. The van der Waals surface area contributed by atoms with Crippen LogP contribution in [0.4, 0.5) is 0 Å². The number of para-hydroxylation sites is 1. The van der Waals surface area contributed by atoms with E-state index in [-0.39, 0.29) is 12.4 Å². The molecule has 0 atom stereocenters. The summed E-state index contributed by atoms with van der Waals surface area (Å²) < 4.78 is 5.35. The molecule has 0 saturated heterocycles. The van der Waals surface area contributed by atoms with Crippen molar-refractivity contribution in [3.8, 4) is 5.75 Å². The zero-order valence-electron chi connectivity index (χ0n) is 10.4. The Morgan fingerprint density at radius 1 is 1.35 bits per heavy atom. The quantitative estimate of drug-likeness (QED) is 0.896. The number of ether oxygens (including phenoxy) is 1. The van der Waals surface area contributed by atoms with Crippen molar-refractivity contribution in [1.29, 1.82) is 0 Å². The van der Waals surface area contributed by atoms with Crippen molar-refractivity contribution in [2.75, 3.05) is 14.2 Å². The predicted molar refractivity (Wildman–Crippen MR) is 72.7 cm³/mol. The second-order valence-corrected chi connectivity index (χ2v) is 4.61. The highest BCUT2D eigenvalue weighted by molar-refractivity contribution is 5.85. The van der Waals surface area contributed by atoms with Crippen LogP contribution >= 0.6 is 12.4 Å². The van der Waals surface area contributed by atoms with Gasteiger partial charge in [-0.2, -0.15) is 0 Å². The molecule has 1 aliphatic rings. The van der Waals surface area contributed by atoms with Gasteiger partial charge in [0.15, 0.2) is 0 Å². The Morgan fingerprint density at radius 3 is 2.59 bits per heavy atom. The van der Waals surface area contributed by atoms with Crippen LogP contribution < -0.4 is 10.5 Å². The van der Waals surface area contributed by atoms with Gasteiger partial charge >= 0.3 is 0 Å². The van der Waals surface area contributed by atoms with Crippen molar-refractivity contribution in [3.63, 3.8) is 0 Å². The second kappa shape index (κ2) is 6.24. The Morgan fingerprint density at radius 2 is 2.00 bits per heavy atom. The van der Waals surface area contributed by atoms with Crippen LogP contribution in [0, 0.1) is 0 Å². The zero-order chi connectivity index (χ0) is 11.5. The van der Waals surface area contributed by atoms with Gasteiger partial charge in [0.05, 0.1) is 7.11 Å². The summed E-state index contributed by atoms with van der Waals surface area (Å²) in [5.41, 5.74) is 7.05. The highest BCUT2D eigenvalue weighted by Gasteiger charge is 2.29. The molecule has 2 N–H and O–H groups in total. The molecule has 1 aromatic rings. The topological polar surface area (TPSA) is 38.5 Å². The van der Waals surface area contributed by atoms with E-state index < -0.39 is 0 Å². The number of methoxy groups -OCH3 is 1. The molecule has 96 valence electrons. The van der Waals surface area contributed by atoms with Crippen LogP contribution in [0.25, 0.3) is 0 Å². The van der Waals surface area contributed by atoms with Crippen LogP contribution in [0.2, 0.25) is 0 Å². The summed E-state index contributed by atoms with van der Waals surface area (Å²) in [5, 5.41) is 0. The van der Waals surface area contributed by atoms with Crippen molar-refractivity contribution >= 4 is 12.4 Å². The van der Waals surface area contributed by atoms with Gasteiger partial charge in [0, 0.05) is 24.2 Å². The molecular weight excluding hydrogens is 236 g/mol. The van der Waals surface area contributed by atoms with Crippen molar-refractivity contribution in [2.24, 2.45) is 5.73 Å². The summed E-state index contributed by atoms with van der Waals surface area (Å²) >= 11 is 0. The third kappa shape index (κ3) is 3.35. The lowest BCUT2D eigenvalue weighted by Crippen LogP contribution is -2.48. The average Bonchev–Trinajstić information content (AvgIpc) is 2.25. The molecule has 0 unspecified atom stereocenters. The maximum Gasteiger partial charge on any atom is 0.123 e. The van der Waals surface area contributed by atoms with Crippen LogP contribution in [-0.4, -0.2) is 31.1 Å². The molecule has 0 heterocycles. The first kappa shape index (κ1) is 14.3. The third-order valence-electron chi connectivity index (χ3n) is 3.39. The molecule has 0 radical (unpaired) electrons. The number of nitrogens with zero attached hydrogens (tertiary/aromatic N) is 1. The van der Waals surface area contributed by atoms with Gasteiger partial charge in [-0.05, 0) is 26.0 Å². The average molecular weight is 257 g/mol. The summed E-state index contributed by atoms with van der Waals surface area (Å²) in [5.74, 6) is 0.970. The van der Waals surface area contributed by atoms with Gasteiger partial charge < -0.3 is 10.5 Å². The molecule has 3 nitrogen and oxygen atoms in total. The van der Waals surface area contributed by atoms with E-state index in [1.807, 2.05) is 12.1 Å². The number of halogens is 1. The first-order valence-corrected chi connectivity index (χ1v) is 5.78. The number of benzene rings is 1. The first-order chi connectivity index (χ1) is 7.70. The number of nitrogens with two attached hydrogens (primary N) is 1. The molecule has 17 heavy (non-hydrogen) atoms. The maximum atomic E-state index is 5.80. The Balaban J connectivity index is 0.00000144. The van der Waals surface area contributed by atoms with Gasteiger partial charge in [-0.1, -0.05) is 18.2 Å². The van der Waals surface area contributed by atoms with Gasteiger partial charge in [-0.15, -0.1) is 12.4 Å². The molecule has 1 aromatic carbocycles. The Kier molecular flexibility index (Phi) is 5.25. The van der Waals surface area contributed by atoms with Gasteiger partial charge in [0.1, 0.15) is 5.75 Å². The fourth-order valence-electron chi connectivity index (χ4n) is 2.22. The summed E-state index contributed by atoms with van der Waals surface area (Å²) in [6, 6.07) is 9.23. The molecule has 0 aliphatic heterocycles. The molecular formula is C13H21ClN2O. The standard InChI is InChI=1S/C13H20N2O.ClH/c1-15(12-7-11(14)8-12)9-10-5-3-4-6-13(10)16-2;/h3-6,11-12H,7-9,14H2,1-2H3;1H. The second-order valence-electron chi connectivity index (χ2n) is 4.61. The highest BCUT2D eigenvalue weighted by Crippen LogP contribution is 2.26. The molecule has 0 spiro atoms. The summed E-state index contributed by atoms with van der Waals surface area (Å²) in [6.07, 6.45) is 2.23. The normalized spacial score (nSPS) is 22.8. The van der Waals surface area contributed by atoms with E-state index in [0.717, 1.165) is 25.1 Å². The fraction of sp³-hybridized carbons (Fsp3) is 0.538. The molecule has 1 fully saturated rings. The minimum absolute atomic E-state index is 0. The van der Waals surface area contributed by atoms with Crippen molar-refractivity contribution in [2.45, 2.75) is 31.5 Å². The van der Waals surface area contributed by atoms with E-state index in [0.29, 0.717) is 12.1 Å². The Labute approximate surface area is 109 Å². The van der Waals surface area contributed by atoms with E-state index in [2.05, 4.69) is 24.1 Å². The van der Waals surface area contributed by atoms with E-state index >= 15 is 0 Å². The van der Waals surface area contributed by atoms with Gasteiger partial charge in [0.2, 0.25) is 0 Å². The molecule has 0 bridgehead atoms. The van der Waals surface area contributed by atoms with Crippen molar-refractivity contribution in [1.82, 2.24) is 4.90 Å². The number of rotatable bonds is 4. The van der Waals surface area contributed by atoms with Gasteiger partial charge in [-0.25, -0.2) is 0 Å². The van der Waals surface area contributed by atoms with Crippen LogP contribution in [0.1, 0.15) is 18.4 Å². The summed E-state index contributed by atoms with van der Waals surface area (Å²) in [7, 11) is 3.88. The monoisotopic (exact) mass is 256 g/mol. The Hall–Kier alpha value is -0.770. The van der Waals surface area contributed by atoms with E-state index in [9.17, 15) is 0 Å². The largest absolute Gasteiger partial charge is 0.496 e. The van der Waals surface area contributed by atoms with Crippen molar-refractivity contribution in [3.05, 3.63) is 29.8 Å². The fourth-order valence-corrected chi connectivity index (χ4v) is 2.22. The smallest absolute Gasteiger partial charge is 0.123 e. The summed E-state index contributed by atoms with van der Waals surface area (Å²) in [6.45, 7) is 0.932. The van der Waals surface area contributed by atoms with Crippen LogP contribution in [-0.2, 0) is 6.54 Å². The van der Waals surface area contributed by atoms with Gasteiger partial charge in [-0.3, -0.25) is 4.90 Å². The third-order valence-corrected chi connectivity index (χ3v) is 3.39. The molecule has 1 saturated carbocycles. The molecule has 0 amide bonds. The molecule has 2 rings (SSSR count). The lowest BCUT2D eigenvalue weighted by atomic mass is 9.86. The highest BCUT2D eigenvalue weighted by atomic mass is 35.5. The minimum Gasteiger partial charge on any atom is -0.496 e.